The summed E-state index contributed by atoms with van der Waals surface area (Å²) in [6.45, 7) is 17.5. The molecule has 2 amide bonds. The van der Waals surface area contributed by atoms with Gasteiger partial charge in [0.2, 0.25) is 5.89 Å². The summed E-state index contributed by atoms with van der Waals surface area (Å²) in [5.74, 6) is 1.45. The van der Waals surface area contributed by atoms with Gasteiger partial charge in [0, 0.05) is 67.9 Å². The van der Waals surface area contributed by atoms with Crippen LogP contribution in [0.2, 0.25) is 0 Å². The molecule has 0 unspecified atom stereocenters. The second kappa shape index (κ2) is 14.2. The van der Waals surface area contributed by atoms with Gasteiger partial charge in [-0.3, -0.25) is 9.69 Å². The lowest BCUT2D eigenvalue weighted by Crippen LogP contribution is -2.58. The Morgan fingerprint density at radius 2 is 1.67 bits per heavy atom. The van der Waals surface area contributed by atoms with Gasteiger partial charge in [0.1, 0.15) is 17.7 Å². The molecule has 0 radical (unpaired) electrons. The third-order valence-corrected chi connectivity index (χ3v) is 10.2. The number of oxazole rings is 1. The van der Waals surface area contributed by atoms with E-state index in [2.05, 4.69) is 60.2 Å². The minimum Gasteiger partial charge on any atom is -0.444 e. The van der Waals surface area contributed by atoms with Crippen molar-refractivity contribution in [1.82, 2.24) is 39.8 Å². The molecule has 5 heterocycles. The molecule has 5 aromatic rings. The van der Waals surface area contributed by atoms with Crippen molar-refractivity contribution in [1.29, 1.82) is 0 Å². The van der Waals surface area contributed by atoms with E-state index in [0.29, 0.717) is 67.6 Å². The second-order valence-corrected chi connectivity index (χ2v) is 15.4. The molecule has 2 aromatic carbocycles. The number of carbonyl (C=O) groups excluding carboxylic acids is 2. The van der Waals surface area contributed by atoms with Crippen LogP contribution in [0.5, 0.6) is 0 Å². The summed E-state index contributed by atoms with van der Waals surface area (Å²) in [6, 6.07) is 13.9. The Balaban J connectivity index is 0.909. The molecule has 2 aliphatic rings. The highest BCUT2D eigenvalue weighted by Gasteiger charge is 2.34. The molecule has 13 nitrogen and oxygen atoms in total. The zero-order valence-electron chi connectivity index (χ0n) is 31.1. The molecule has 2 atom stereocenters. The summed E-state index contributed by atoms with van der Waals surface area (Å²) >= 11 is 0. The first kappa shape index (κ1) is 35.4. The van der Waals surface area contributed by atoms with E-state index in [1.165, 1.54) is 11.1 Å². The summed E-state index contributed by atoms with van der Waals surface area (Å²) in [5.41, 5.74) is 6.48. The van der Waals surface area contributed by atoms with Crippen molar-refractivity contribution in [2.24, 2.45) is 0 Å². The van der Waals surface area contributed by atoms with Crippen molar-refractivity contribution >= 4 is 23.1 Å². The average molecular weight is 709 g/mol. The molecule has 2 saturated heterocycles. The third-order valence-electron chi connectivity index (χ3n) is 10.2. The van der Waals surface area contributed by atoms with E-state index in [1.54, 1.807) is 9.58 Å². The van der Waals surface area contributed by atoms with Crippen LogP contribution in [-0.2, 0) is 17.8 Å². The summed E-state index contributed by atoms with van der Waals surface area (Å²) in [5, 5.41) is 13.2. The molecule has 0 bridgehead atoms. The minimum absolute atomic E-state index is 0.00684. The Labute approximate surface area is 303 Å². The van der Waals surface area contributed by atoms with Crippen LogP contribution in [-0.4, -0.2) is 95.7 Å². The smallest absolute Gasteiger partial charge is 0.410 e. The largest absolute Gasteiger partial charge is 0.444 e. The van der Waals surface area contributed by atoms with Crippen molar-refractivity contribution in [2.45, 2.75) is 98.0 Å². The lowest BCUT2D eigenvalue weighted by molar-refractivity contribution is -0.00997. The first-order valence-corrected chi connectivity index (χ1v) is 18.2. The van der Waals surface area contributed by atoms with E-state index in [-0.39, 0.29) is 30.0 Å². The number of amides is 2. The number of aryl methyl sites for hydroxylation is 2. The standard InChI is InChI=1S/C39H48N8O5/c1-24-8-9-29(16-25(24)2)36-40-34-17-30(10-11-35(34)50-36)37(48)44-14-12-28(13-15-44)33-18-32(52-42-33)23-46-21-31(41-43-46)22-47-26(3)19-45(20-27(47)4)38(49)51-39(5,6)7/h8-11,16-18,21,26-28H,12-15,19-20,22-23H2,1-7H3/t26-,27+. The van der Waals surface area contributed by atoms with Gasteiger partial charge >= 0.3 is 6.09 Å². The van der Waals surface area contributed by atoms with E-state index in [4.69, 9.17) is 18.7 Å². The molecule has 3 aromatic heterocycles. The number of ether oxygens (including phenoxy) is 1. The topological polar surface area (TPSA) is 136 Å². The molecular weight excluding hydrogens is 660 g/mol. The SMILES string of the molecule is Cc1ccc(-c2nc3cc(C(=O)N4CCC(c5cc(Cn6cc(CN7[C@H](C)CN(C(=O)OC(C)(C)C)C[C@@H]7C)nn6)on5)CC4)ccc3o2)cc1C. The molecule has 274 valence electrons. The van der Waals surface area contributed by atoms with Gasteiger partial charge in [-0.2, -0.15) is 0 Å². The van der Waals surface area contributed by atoms with Crippen LogP contribution in [0.15, 0.2) is 57.6 Å². The first-order chi connectivity index (χ1) is 24.8. The van der Waals surface area contributed by atoms with Crippen molar-refractivity contribution in [3.63, 3.8) is 0 Å². The fourth-order valence-electron chi connectivity index (χ4n) is 7.19. The van der Waals surface area contributed by atoms with Crippen molar-refractivity contribution in [2.75, 3.05) is 26.2 Å². The lowest BCUT2D eigenvalue weighted by atomic mass is 9.93. The van der Waals surface area contributed by atoms with Gasteiger partial charge in [-0.25, -0.2) is 14.5 Å². The third kappa shape index (κ3) is 7.74. The van der Waals surface area contributed by atoms with Crippen LogP contribution in [0, 0.1) is 13.8 Å². The molecule has 52 heavy (non-hydrogen) atoms. The van der Waals surface area contributed by atoms with Crippen molar-refractivity contribution < 1.29 is 23.3 Å². The quantitative estimate of drug-likeness (QED) is 0.182. The van der Waals surface area contributed by atoms with Gasteiger partial charge in [-0.15, -0.1) is 5.10 Å². The highest BCUT2D eigenvalue weighted by molar-refractivity contribution is 5.97. The van der Waals surface area contributed by atoms with Gasteiger partial charge < -0.3 is 23.5 Å². The van der Waals surface area contributed by atoms with E-state index < -0.39 is 5.60 Å². The summed E-state index contributed by atoms with van der Waals surface area (Å²) in [4.78, 5) is 36.9. The van der Waals surface area contributed by atoms with Crippen LogP contribution in [0.4, 0.5) is 4.79 Å². The number of fused-ring (bicyclic) bond motifs is 1. The monoisotopic (exact) mass is 708 g/mol. The van der Waals surface area contributed by atoms with Crippen LogP contribution in [0.3, 0.4) is 0 Å². The highest BCUT2D eigenvalue weighted by atomic mass is 16.6. The van der Waals surface area contributed by atoms with E-state index in [9.17, 15) is 9.59 Å². The predicted octanol–water partition coefficient (Wildman–Crippen LogP) is 6.59. The second-order valence-electron chi connectivity index (χ2n) is 15.4. The van der Waals surface area contributed by atoms with E-state index in [0.717, 1.165) is 29.8 Å². The number of hydrogen-bond donors (Lipinski definition) is 0. The number of aromatic nitrogens is 5. The number of hydrogen-bond acceptors (Lipinski definition) is 10. The number of carbonyl (C=O) groups is 2. The van der Waals surface area contributed by atoms with Gasteiger partial charge in [-0.05, 0) is 103 Å². The fraction of sp³-hybridized carbons (Fsp3) is 0.487. The van der Waals surface area contributed by atoms with E-state index in [1.807, 2.05) is 62.2 Å². The van der Waals surface area contributed by atoms with Crippen LogP contribution in [0.25, 0.3) is 22.6 Å². The molecule has 13 heteroatoms. The summed E-state index contributed by atoms with van der Waals surface area (Å²) in [7, 11) is 0. The Morgan fingerprint density at radius 3 is 2.38 bits per heavy atom. The Hall–Kier alpha value is -5.04. The Morgan fingerprint density at radius 1 is 0.923 bits per heavy atom. The molecule has 7 rings (SSSR count). The fourth-order valence-corrected chi connectivity index (χ4v) is 7.19. The highest BCUT2D eigenvalue weighted by Crippen LogP contribution is 2.30. The zero-order chi connectivity index (χ0) is 36.7. The first-order valence-electron chi connectivity index (χ1n) is 18.2. The number of nitrogens with zero attached hydrogens (tertiary/aromatic N) is 8. The predicted molar refractivity (Wildman–Crippen MR) is 195 cm³/mol. The normalized spacial score (nSPS) is 19.1. The Bertz CT molecular complexity index is 2060. The van der Waals surface area contributed by atoms with Crippen LogP contribution >= 0.6 is 0 Å². The number of likely N-dealkylation sites (tertiary alicyclic amines) is 1. The summed E-state index contributed by atoms with van der Waals surface area (Å²) < 4.78 is 19.1. The van der Waals surface area contributed by atoms with Gasteiger partial charge in [0.25, 0.3) is 5.91 Å². The van der Waals surface area contributed by atoms with Crippen molar-refractivity contribution in [3.8, 4) is 11.5 Å². The maximum atomic E-state index is 13.5. The van der Waals surface area contributed by atoms with Gasteiger partial charge in [-0.1, -0.05) is 16.4 Å². The van der Waals surface area contributed by atoms with Crippen LogP contribution < -0.4 is 0 Å². The van der Waals surface area contributed by atoms with Gasteiger partial charge in [0.15, 0.2) is 11.3 Å². The molecule has 0 saturated carbocycles. The van der Waals surface area contributed by atoms with Crippen LogP contribution in [0.1, 0.15) is 92.0 Å². The number of piperazine rings is 1. The molecular formula is C39H48N8O5. The minimum atomic E-state index is -0.522. The average Bonchev–Trinajstić information content (AvgIpc) is 3.87. The lowest BCUT2D eigenvalue weighted by Gasteiger charge is -2.44. The molecule has 2 aliphatic heterocycles. The molecule has 0 aliphatic carbocycles. The van der Waals surface area contributed by atoms with Gasteiger partial charge in [0.05, 0.1) is 17.6 Å². The number of benzene rings is 2. The maximum Gasteiger partial charge on any atom is 0.410 e. The molecule has 0 spiro atoms. The zero-order valence-corrected chi connectivity index (χ0v) is 31.1. The molecule has 0 N–H and O–H groups in total. The van der Waals surface area contributed by atoms with Crippen molar-refractivity contribution in [3.05, 3.63) is 82.5 Å². The number of piperidine rings is 1. The molecule has 2 fully saturated rings. The maximum absolute atomic E-state index is 13.5. The van der Waals surface area contributed by atoms with E-state index >= 15 is 0 Å². The number of rotatable bonds is 7. The Kier molecular flexibility index (Phi) is 9.64. The summed E-state index contributed by atoms with van der Waals surface area (Å²) in [6.07, 6.45) is 3.26.